The predicted molar refractivity (Wildman–Crippen MR) is 212 cm³/mol. The van der Waals surface area contributed by atoms with E-state index in [-0.39, 0.29) is 64.9 Å². The van der Waals surface area contributed by atoms with Crippen LogP contribution in [0.25, 0.3) is 10.2 Å². The van der Waals surface area contributed by atoms with E-state index in [2.05, 4.69) is 15.6 Å². The maximum atomic E-state index is 14.3. The molecule has 0 aliphatic rings. The Balaban J connectivity index is 1.36. The van der Waals surface area contributed by atoms with Crippen molar-refractivity contribution in [3.63, 3.8) is 0 Å². The van der Waals surface area contributed by atoms with Gasteiger partial charge in [0, 0.05) is 18.7 Å². The van der Waals surface area contributed by atoms with Crippen molar-refractivity contribution in [3.05, 3.63) is 101 Å². The van der Waals surface area contributed by atoms with Gasteiger partial charge in [0.05, 0.1) is 41.5 Å². The second-order valence-corrected chi connectivity index (χ2v) is 16.5. The van der Waals surface area contributed by atoms with Crippen molar-refractivity contribution in [2.45, 2.75) is 51.2 Å². The minimum atomic E-state index is -4.17. The minimum absolute atomic E-state index is 0.0203. The molecule has 0 aliphatic carbocycles. The molecular formula is C40H46N4O9S2. The van der Waals surface area contributed by atoms with Crippen molar-refractivity contribution in [2.24, 2.45) is 5.92 Å². The molecule has 5 aromatic rings. The molecule has 1 aromatic heterocycles. The molecule has 0 radical (unpaired) electrons. The number of nitrogens with one attached hydrogen (secondary N) is 2. The number of aromatic hydroxyl groups is 1. The molecular weight excluding hydrogens is 745 g/mol. The number of amides is 2. The maximum Gasteiger partial charge on any atom is 0.258 e. The summed E-state index contributed by atoms with van der Waals surface area (Å²) in [6, 6.07) is 21.4. The smallest absolute Gasteiger partial charge is 0.258 e. The third kappa shape index (κ3) is 10.1. The van der Waals surface area contributed by atoms with Crippen molar-refractivity contribution in [3.8, 4) is 23.0 Å². The number of hydrogen-bond acceptors (Lipinski definition) is 11. The van der Waals surface area contributed by atoms with Crippen LogP contribution in [0.15, 0.2) is 83.8 Å². The van der Waals surface area contributed by atoms with Crippen LogP contribution in [0, 0.1) is 19.8 Å². The first-order valence-corrected chi connectivity index (χ1v) is 19.8. The maximum absolute atomic E-state index is 14.3. The highest BCUT2D eigenvalue weighted by atomic mass is 32.2. The number of fused-ring (bicyclic) bond motifs is 1. The summed E-state index contributed by atoms with van der Waals surface area (Å²) in [6.07, 6.45) is -1.04. The summed E-state index contributed by atoms with van der Waals surface area (Å²) in [7, 11) is -1.47. The van der Waals surface area contributed by atoms with Gasteiger partial charge in [0.1, 0.15) is 5.75 Å². The number of anilines is 1. The molecule has 0 saturated heterocycles. The monoisotopic (exact) mass is 790 g/mol. The second-order valence-electron chi connectivity index (χ2n) is 13.5. The average molecular weight is 791 g/mol. The molecule has 0 bridgehead atoms. The first-order valence-electron chi connectivity index (χ1n) is 17.6. The number of aliphatic hydroxyl groups excluding tert-OH is 1. The molecule has 15 heteroatoms. The third-order valence-corrected chi connectivity index (χ3v) is 11.5. The van der Waals surface area contributed by atoms with E-state index in [4.69, 9.17) is 14.2 Å². The minimum Gasteiger partial charge on any atom is -0.502 e. The molecule has 4 N–H and O–H groups in total. The molecule has 55 heavy (non-hydrogen) atoms. The van der Waals surface area contributed by atoms with Gasteiger partial charge in [-0.2, -0.15) is 4.31 Å². The van der Waals surface area contributed by atoms with Crippen molar-refractivity contribution in [1.82, 2.24) is 14.6 Å². The van der Waals surface area contributed by atoms with Gasteiger partial charge in [0.15, 0.2) is 23.2 Å². The Morgan fingerprint density at radius 1 is 0.909 bits per heavy atom. The Bertz CT molecular complexity index is 2200. The molecule has 2 amide bonds. The van der Waals surface area contributed by atoms with Gasteiger partial charge in [0.2, 0.25) is 15.8 Å². The van der Waals surface area contributed by atoms with Gasteiger partial charge in [-0.3, -0.25) is 14.9 Å². The Kier molecular flexibility index (Phi) is 13.4. The molecule has 0 aliphatic heterocycles. The number of carbonyl (C=O) groups excluding carboxylic acids is 2. The molecule has 0 spiro atoms. The van der Waals surface area contributed by atoms with Gasteiger partial charge in [-0.1, -0.05) is 73.7 Å². The lowest BCUT2D eigenvalue weighted by Gasteiger charge is -2.30. The Hall–Kier alpha value is -5.22. The van der Waals surface area contributed by atoms with Gasteiger partial charge in [-0.05, 0) is 73.2 Å². The van der Waals surface area contributed by atoms with E-state index in [9.17, 15) is 28.2 Å². The number of para-hydroxylation sites is 1. The van der Waals surface area contributed by atoms with Gasteiger partial charge in [0.25, 0.3) is 11.8 Å². The van der Waals surface area contributed by atoms with Gasteiger partial charge in [-0.15, -0.1) is 0 Å². The highest BCUT2D eigenvalue weighted by Gasteiger charge is 2.32. The fourth-order valence-corrected chi connectivity index (χ4v) is 8.66. The summed E-state index contributed by atoms with van der Waals surface area (Å²) in [4.78, 5) is 30.8. The summed E-state index contributed by atoms with van der Waals surface area (Å²) in [5, 5.41) is 27.7. The number of phenols is 1. The summed E-state index contributed by atoms with van der Waals surface area (Å²) in [6.45, 7) is 7.06. The van der Waals surface area contributed by atoms with Gasteiger partial charge >= 0.3 is 0 Å². The van der Waals surface area contributed by atoms with Crippen LogP contribution < -0.4 is 24.8 Å². The van der Waals surface area contributed by atoms with Crippen LogP contribution in [0.3, 0.4) is 0 Å². The van der Waals surface area contributed by atoms with E-state index in [1.54, 1.807) is 6.07 Å². The molecule has 2 atom stereocenters. The quantitative estimate of drug-likeness (QED) is 0.0914. The van der Waals surface area contributed by atoms with Crippen molar-refractivity contribution < 1.29 is 42.4 Å². The Morgan fingerprint density at radius 2 is 1.56 bits per heavy atom. The van der Waals surface area contributed by atoms with E-state index in [1.165, 1.54) is 42.8 Å². The summed E-state index contributed by atoms with van der Waals surface area (Å²) >= 11 is 1.08. The molecule has 0 unspecified atom stereocenters. The average Bonchev–Trinajstić information content (AvgIpc) is 3.56. The number of phenolic OH excluding ortho intramolecular Hbond substituents is 1. The van der Waals surface area contributed by atoms with Gasteiger partial charge < -0.3 is 29.7 Å². The normalized spacial score (nSPS) is 12.7. The molecule has 0 fully saturated rings. The molecule has 4 aromatic carbocycles. The van der Waals surface area contributed by atoms with Crippen LogP contribution in [-0.2, 0) is 21.2 Å². The number of sulfonamides is 1. The third-order valence-electron chi connectivity index (χ3n) is 8.79. The molecule has 292 valence electrons. The zero-order valence-electron chi connectivity index (χ0n) is 31.5. The molecule has 0 saturated carbocycles. The fraction of sp³-hybridized carbons (Fsp3) is 0.325. The van der Waals surface area contributed by atoms with E-state index in [0.29, 0.717) is 16.0 Å². The number of nitrogens with zero attached hydrogens (tertiary/aromatic N) is 2. The number of methoxy groups -OCH3 is 2. The topological polar surface area (TPSA) is 177 Å². The fourth-order valence-electron chi connectivity index (χ4n) is 6.04. The number of aromatic nitrogens is 1. The van der Waals surface area contributed by atoms with E-state index in [0.717, 1.165) is 28.0 Å². The lowest BCUT2D eigenvalue weighted by Crippen LogP contribution is -2.52. The summed E-state index contributed by atoms with van der Waals surface area (Å²) in [5.74, 6) is -0.632. The first kappa shape index (κ1) is 41.0. The lowest BCUT2D eigenvalue weighted by molar-refractivity contribution is -0.124. The summed E-state index contributed by atoms with van der Waals surface area (Å²) < 4.78 is 46.4. The number of thiazole rings is 1. The van der Waals surface area contributed by atoms with Crippen LogP contribution in [0.4, 0.5) is 5.13 Å². The highest BCUT2D eigenvalue weighted by Crippen LogP contribution is 2.38. The van der Waals surface area contributed by atoms with Crippen molar-refractivity contribution >= 4 is 48.5 Å². The standard InChI is InChI=1S/C40H46N4O9S2/c1-24(2)21-44(22-32(45)31(17-27-13-8-7-9-14-27)41-36(46)23-53-38-25(3)11-10-12-26(38)4)55(49,50)29-15-16-30-35(20-29)54-40(42-30)43-39(48)28-18-33(51-5)37(47)34(19-28)52-6/h7-16,18-20,24,31-32,45,47H,17,21-23H2,1-6H3,(H,41,46)(H,42,43,48)/t31-,32+/m0/s1. The van der Waals surface area contributed by atoms with Crippen molar-refractivity contribution in [1.29, 1.82) is 0 Å². The van der Waals surface area contributed by atoms with Gasteiger partial charge in [-0.25, -0.2) is 13.4 Å². The number of benzene rings is 4. The number of rotatable bonds is 17. The number of ether oxygens (including phenoxy) is 3. The largest absolute Gasteiger partial charge is 0.502 e. The van der Waals surface area contributed by atoms with E-state index < -0.39 is 34.0 Å². The van der Waals surface area contributed by atoms with Crippen LogP contribution in [-0.4, -0.2) is 85.8 Å². The zero-order chi connectivity index (χ0) is 39.9. The van der Waals surface area contributed by atoms with Crippen LogP contribution in [0.2, 0.25) is 0 Å². The number of carbonyl (C=O) groups is 2. The van der Waals surface area contributed by atoms with E-state index >= 15 is 0 Å². The lowest BCUT2D eigenvalue weighted by atomic mass is 10.0. The molecule has 13 nitrogen and oxygen atoms in total. The second kappa shape index (κ2) is 17.9. The highest BCUT2D eigenvalue weighted by molar-refractivity contribution is 7.89. The Labute approximate surface area is 324 Å². The van der Waals surface area contributed by atoms with Crippen molar-refractivity contribution in [2.75, 3.05) is 39.2 Å². The first-order chi connectivity index (χ1) is 26.2. The number of aryl methyl sites for hydroxylation is 2. The zero-order valence-corrected chi connectivity index (χ0v) is 33.2. The number of aliphatic hydroxyl groups is 1. The van der Waals surface area contributed by atoms with E-state index in [1.807, 2.05) is 76.2 Å². The van der Waals surface area contributed by atoms with Crippen LogP contribution >= 0.6 is 11.3 Å². The molecule has 5 rings (SSSR count). The SMILES string of the molecule is COc1cc(C(=O)Nc2nc3ccc(S(=O)(=O)N(CC(C)C)C[C@@H](O)[C@H](Cc4ccccc4)NC(=O)COc4c(C)cccc4C)cc3s2)cc(OC)c1O. The van der Waals surface area contributed by atoms with Crippen LogP contribution in [0.5, 0.6) is 23.0 Å². The number of hydrogen-bond donors (Lipinski definition) is 4. The van der Waals surface area contributed by atoms with Crippen LogP contribution in [0.1, 0.15) is 40.9 Å². The molecule has 1 heterocycles. The predicted octanol–water partition coefficient (Wildman–Crippen LogP) is 5.70. The Morgan fingerprint density at radius 3 is 2.18 bits per heavy atom. The summed E-state index contributed by atoms with van der Waals surface area (Å²) in [5.41, 5.74) is 3.23.